The predicted molar refractivity (Wildman–Crippen MR) is 99.0 cm³/mol. The number of anilines is 1. The topological polar surface area (TPSA) is 102 Å². The highest BCUT2D eigenvalue weighted by atomic mass is 19.1. The van der Waals surface area contributed by atoms with E-state index in [9.17, 15) is 14.0 Å². The quantitative estimate of drug-likeness (QED) is 0.364. The van der Waals surface area contributed by atoms with Crippen LogP contribution in [-0.2, 0) is 4.79 Å². The van der Waals surface area contributed by atoms with Gasteiger partial charge in [-0.15, -0.1) is 0 Å². The third-order valence-corrected chi connectivity index (χ3v) is 4.44. The highest BCUT2D eigenvalue weighted by Gasteiger charge is 2.28. The van der Waals surface area contributed by atoms with Crippen LogP contribution in [0.25, 0.3) is 0 Å². The van der Waals surface area contributed by atoms with E-state index in [1.807, 2.05) is 11.8 Å². The van der Waals surface area contributed by atoms with Gasteiger partial charge in [0.2, 0.25) is 5.91 Å². The second kappa shape index (κ2) is 8.65. The molecule has 3 amide bonds. The minimum Gasteiger partial charge on any atom is -0.357 e. The van der Waals surface area contributed by atoms with Crippen molar-refractivity contribution in [1.82, 2.24) is 25.8 Å². The molecule has 0 bridgehead atoms. The number of pyridine rings is 1. The fourth-order valence-corrected chi connectivity index (χ4v) is 3.14. The van der Waals surface area contributed by atoms with Gasteiger partial charge in [-0.25, -0.2) is 14.2 Å². The summed E-state index contributed by atoms with van der Waals surface area (Å²) in [5.74, 6) is 0.407. The zero-order chi connectivity index (χ0) is 19.2. The number of nitrogens with zero attached hydrogens (tertiary/aromatic N) is 4. The molecule has 1 unspecified atom stereocenters. The van der Waals surface area contributed by atoms with Gasteiger partial charge < -0.3 is 20.9 Å². The van der Waals surface area contributed by atoms with E-state index in [0.29, 0.717) is 38.0 Å². The van der Waals surface area contributed by atoms with E-state index < -0.39 is 0 Å². The minimum absolute atomic E-state index is 0.0445. The summed E-state index contributed by atoms with van der Waals surface area (Å²) in [4.78, 5) is 34.7. The molecule has 0 spiro atoms. The molecule has 0 radical (unpaired) electrons. The standard InChI is InChI=1S/C17H24FN7O2/c1-2-19-16(21-7-9-25-14(26)10-22-17(25)27)23-12-5-8-24(11-12)15-13(18)4-3-6-20-15/h3-4,6,12H,2,5,7-11H2,1H3,(H,22,27)(H2,19,21,23). The van der Waals surface area contributed by atoms with Gasteiger partial charge in [0.05, 0.1) is 19.6 Å². The number of imide groups is 1. The predicted octanol–water partition coefficient (Wildman–Crippen LogP) is -0.0937. The number of rotatable bonds is 6. The van der Waals surface area contributed by atoms with E-state index in [0.717, 1.165) is 11.3 Å². The Bertz CT molecular complexity index is 711. The summed E-state index contributed by atoms with van der Waals surface area (Å²) >= 11 is 0. The summed E-state index contributed by atoms with van der Waals surface area (Å²) in [5, 5.41) is 8.96. The van der Waals surface area contributed by atoms with Crippen LogP contribution in [0.2, 0.25) is 0 Å². The Morgan fingerprint density at radius 1 is 1.48 bits per heavy atom. The summed E-state index contributed by atoms with van der Waals surface area (Å²) in [6.07, 6.45) is 2.41. The van der Waals surface area contributed by atoms with Gasteiger partial charge in [0, 0.05) is 31.9 Å². The van der Waals surface area contributed by atoms with Gasteiger partial charge in [0.1, 0.15) is 0 Å². The maximum atomic E-state index is 13.9. The van der Waals surface area contributed by atoms with Gasteiger partial charge in [-0.3, -0.25) is 14.7 Å². The SMILES string of the molecule is CCNC(=NCCN1C(=O)CNC1=O)NC1CCN(c2ncccc2F)C1. The number of aliphatic imine (C=N–C) groups is 1. The van der Waals surface area contributed by atoms with Crippen molar-refractivity contribution in [2.75, 3.05) is 44.2 Å². The van der Waals surface area contributed by atoms with Gasteiger partial charge >= 0.3 is 6.03 Å². The molecule has 27 heavy (non-hydrogen) atoms. The second-order valence-electron chi connectivity index (χ2n) is 6.35. The molecule has 3 N–H and O–H groups in total. The van der Waals surface area contributed by atoms with Crippen LogP contribution in [0.15, 0.2) is 23.3 Å². The number of carbonyl (C=O) groups excluding carboxylic acids is 2. The number of guanidine groups is 1. The normalized spacial score (nSPS) is 20.2. The van der Waals surface area contributed by atoms with Crippen LogP contribution < -0.4 is 20.9 Å². The van der Waals surface area contributed by atoms with Crippen molar-refractivity contribution in [3.63, 3.8) is 0 Å². The lowest BCUT2D eigenvalue weighted by molar-refractivity contribution is -0.124. The molecule has 0 saturated carbocycles. The fraction of sp³-hybridized carbons (Fsp3) is 0.529. The number of halogens is 1. The first-order valence-corrected chi connectivity index (χ1v) is 9.07. The summed E-state index contributed by atoms with van der Waals surface area (Å²) < 4.78 is 13.9. The van der Waals surface area contributed by atoms with Gasteiger partial charge in [-0.1, -0.05) is 0 Å². The highest BCUT2D eigenvalue weighted by molar-refractivity contribution is 6.01. The molecule has 9 nitrogen and oxygen atoms in total. The largest absolute Gasteiger partial charge is 0.357 e. The third-order valence-electron chi connectivity index (χ3n) is 4.44. The molecule has 3 rings (SSSR count). The average Bonchev–Trinajstić information content (AvgIpc) is 3.23. The summed E-state index contributed by atoms with van der Waals surface area (Å²) in [5.41, 5.74) is 0. The fourth-order valence-electron chi connectivity index (χ4n) is 3.14. The molecular formula is C17H24FN7O2. The highest BCUT2D eigenvalue weighted by Crippen LogP contribution is 2.20. The van der Waals surface area contributed by atoms with E-state index in [2.05, 4.69) is 25.9 Å². The van der Waals surface area contributed by atoms with Crippen LogP contribution in [-0.4, -0.2) is 73.1 Å². The van der Waals surface area contributed by atoms with Crippen LogP contribution in [0.3, 0.4) is 0 Å². The monoisotopic (exact) mass is 377 g/mol. The third kappa shape index (κ3) is 4.63. The lowest BCUT2D eigenvalue weighted by Gasteiger charge is -2.20. The van der Waals surface area contributed by atoms with E-state index in [1.54, 1.807) is 12.3 Å². The summed E-state index contributed by atoms with van der Waals surface area (Å²) in [6, 6.07) is 2.70. The van der Waals surface area contributed by atoms with Crippen molar-refractivity contribution >= 4 is 23.7 Å². The zero-order valence-electron chi connectivity index (χ0n) is 15.2. The van der Waals surface area contributed by atoms with Crippen molar-refractivity contribution < 1.29 is 14.0 Å². The first-order valence-electron chi connectivity index (χ1n) is 9.07. The molecule has 10 heteroatoms. The first kappa shape index (κ1) is 18.9. The molecule has 0 aromatic carbocycles. The lowest BCUT2D eigenvalue weighted by Crippen LogP contribution is -2.45. The maximum absolute atomic E-state index is 13.9. The van der Waals surface area contributed by atoms with Crippen molar-refractivity contribution in [2.45, 2.75) is 19.4 Å². The number of nitrogens with one attached hydrogen (secondary N) is 3. The van der Waals surface area contributed by atoms with Gasteiger partial charge in [0.25, 0.3) is 0 Å². The average molecular weight is 377 g/mol. The summed E-state index contributed by atoms with van der Waals surface area (Å²) in [6.45, 7) is 4.54. The minimum atomic E-state index is -0.378. The maximum Gasteiger partial charge on any atom is 0.324 e. The van der Waals surface area contributed by atoms with Crippen molar-refractivity contribution in [3.05, 3.63) is 24.1 Å². The van der Waals surface area contributed by atoms with Crippen molar-refractivity contribution in [3.8, 4) is 0 Å². The Morgan fingerprint density at radius 3 is 3.04 bits per heavy atom. The molecule has 2 saturated heterocycles. The van der Waals surface area contributed by atoms with Crippen LogP contribution in [0.1, 0.15) is 13.3 Å². The number of hydrogen-bond acceptors (Lipinski definition) is 5. The van der Waals surface area contributed by atoms with Crippen LogP contribution in [0, 0.1) is 5.82 Å². The molecule has 1 aromatic heterocycles. The number of hydrogen-bond donors (Lipinski definition) is 3. The Hall–Kier alpha value is -2.91. The molecular weight excluding hydrogens is 353 g/mol. The van der Waals surface area contributed by atoms with Crippen LogP contribution >= 0.6 is 0 Å². The van der Waals surface area contributed by atoms with Gasteiger partial charge in [-0.2, -0.15) is 0 Å². The molecule has 2 aliphatic heterocycles. The molecule has 2 fully saturated rings. The smallest absolute Gasteiger partial charge is 0.324 e. The number of urea groups is 1. The Labute approximate surface area is 157 Å². The first-order chi connectivity index (χ1) is 13.1. The number of carbonyl (C=O) groups is 2. The van der Waals surface area contributed by atoms with Gasteiger partial charge in [-0.05, 0) is 25.5 Å². The lowest BCUT2D eigenvalue weighted by atomic mass is 10.3. The van der Waals surface area contributed by atoms with E-state index in [4.69, 9.17) is 0 Å². The zero-order valence-corrected chi connectivity index (χ0v) is 15.2. The molecule has 1 aromatic rings. The Kier molecular flexibility index (Phi) is 6.05. The Balaban J connectivity index is 1.54. The van der Waals surface area contributed by atoms with Crippen molar-refractivity contribution in [2.24, 2.45) is 4.99 Å². The number of aromatic nitrogens is 1. The van der Waals surface area contributed by atoms with E-state index >= 15 is 0 Å². The molecule has 0 aliphatic carbocycles. The summed E-state index contributed by atoms with van der Waals surface area (Å²) in [7, 11) is 0. The molecule has 1 atom stereocenters. The van der Waals surface area contributed by atoms with E-state index in [-0.39, 0.29) is 36.9 Å². The molecule has 2 aliphatic rings. The van der Waals surface area contributed by atoms with Crippen LogP contribution in [0.4, 0.5) is 15.0 Å². The molecule has 3 heterocycles. The van der Waals surface area contributed by atoms with E-state index in [1.165, 1.54) is 6.07 Å². The number of amides is 3. The van der Waals surface area contributed by atoms with Crippen LogP contribution in [0.5, 0.6) is 0 Å². The van der Waals surface area contributed by atoms with Crippen molar-refractivity contribution in [1.29, 1.82) is 0 Å². The second-order valence-corrected chi connectivity index (χ2v) is 6.35. The Morgan fingerprint density at radius 2 is 2.33 bits per heavy atom. The molecule has 146 valence electrons. The van der Waals surface area contributed by atoms with Gasteiger partial charge in [0.15, 0.2) is 17.6 Å².